The second-order valence-corrected chi connectivity index (χ2v) is 8.45. The quantitative estimate of drug-likeness (QED) is 0.377. The van der Waals surface area contributed by atoms with Crippen LogP contribution in [0.1, 0.15) is 16.7 Å². The number of amidine groups is 2. The van der Waals surface area contributed by atoms with Gasteiger partial charge in [0, 0.05) is 21.3 Å². The van der Waals surface area contributed by atoms with Gasteiger partial charge in [0.1, 0.15) is 0 Å². The monoisotopic (exact) mass is 430 g/mol. The fourth-order valence-electron chi connectivity index (χ4n) is 2.12. The molecular weight excluding hydrogens is 413 g/mol. The van der Waals surface area contributed by atoms with Crippen LogP contribution in [0, 0.1) is 10.8 Å². The molecule has 0 atom stereocenters. The molecule has 0 fully saturated rings. The molecule has 4 nitrogen and oxygen atoms in total. The molecular formula is C17H17F3N4S3. The Morgan fingerprint density at radius 2 is 1.41 bits per heavy atom. The maximum absolute atomic E-state index is 13.1. The molecule has 6 N–H and O–H groups in total. The van der Waals surface area contributed by atoms with E-state index in [4.69, 9.17) is 22.3 Å². The van der Waals surface area contributed by atoms with E-state index in [-0.39, 0.29) is 16.1 Å². The zero-order valence-electron chi connectivity index (χ0n) is 14.0. The number of rotatable bonds is 6. The molecule has 2 rings (SSSR count). The number of hydrogen-bond acceptors (Lipinski definition) is 5. The van der Waals surface area contributed by atoms with Gasteiger partial charge in [0.2, 0.25) is 0 Å². The fourth-order valence-corrected chi connectivity index (χ4v) is 4.47. The summed E-state index contributed by atoms with van der Waals surface area (Å²) >= 11 is 3.51. The lowest BCUT2D eigenvalue weighted by molar-refractivity contribution is -0.137. The van der Waals surface area contributed by atoms with E-state index in [9.17, 15) is 13.2 Å². The highest BCUT2D eigenvalue weighted by Crippen LogP contribution is 2.38. The van der Waals surface area contributed by atoms with Crippen LogP contribution in [0.2, 0.25) is 0 Å². The summed E-state index contributed by atoms with van der Waals surface area (Å²) in [6.45, 7) is 0. The van der Waals surface area contributed by atoms with Gasteiger partial charge < -0.3 is 11.5 Å². The van der Waals surface area contributed by atoms with E-state index >= 15 is 0 Å². The average molecular weight is 431 g/mol. The first-order valence-electron chi connectivity index (χ1n) is 7.56. The molecule has 0 spiro atoms. The molecule has 10 heteroatoms. The molecule has 0 radical (unpaired) electrons. The number of hydrogen-bond donors (Lipinski definition) is 4. The van der Waals surface area contributed by atoms with Gasteiger partial charge in [0.05, 0.1) is 5.56 Å². The number of nitrogens with two attached hydrogens (primary N) is 2. The number of nitrogens with one attached hydrogen (secondary N) is 2. The van der Waals surface area contributed by atoms with Crippen LogP contribution in [0.5, 0.6) is 0 Å². The van der Waals surface area contributed by atoms with Crippen LogP contribution < -0.4 is 11.5 Å². The zero-order valence-corrected chi connectivity index (χ0v) is 16.4. The Bertz CT molecular complexity index is 840. The second-order valence-electron chi connectivity index (χ2n) is 5.34. The van der Waals surface area contributed by atoms with Crippen LogP contribution in [-0.2, 0) is 17.7 Å². The molecule has 2 aromatic rings. The molecule has 0 aliphatic heterocycles. The van der Waals surface area contributed by atoms with Gasteiger partial charge in [-0.05, 0) is 35.4 Å². The van der Waals surface area contributed by atoms with E-state index in [0.717, 1.165) is 34.4 Å². The topological polar surface area (TPSA) is 99.7 Å². The van der Waals surface area contributed by atoms with Crippen LogP contribution >= 0.6 is 35.3 Å². The van der Waals surface area contributed by atoms with Crippen molar-refractivity contribution in [3.8, 4) is 0 Å². The molecule has 0 unspecified atom stereocenters. The van der Waals surface area contributed by atoms with Crippen molar-refractivity contribution < 1.29 is 13.2 Å². The Labute approximate surface area is 167 Å². The molecule has 0 bridgehead atoms. The van der Waals surface area contributed by atoms with Crippen molar-refractivity contribution in [3.05, 3.63) is 59.2 Å². The van der Waals surface area contributed by atoms with Gasteiger partial charge in [-0.1, -0.05) is 53.5 Å². The number of thioether (sulfide) groups is 2. The summed E-state index contributed by atoms with van der Waals surface area (Å²) in [6, 6.07) is 11.1. The van der Waals surface area contributed by atoms with Gasteiger partial charge in [-0.3, -0.25) is 10.8 Å². The summed E-state index contributed by atoms with van der Waals surface area (Å²) in [5, 5.41) is 14.5. The lowest BCUT2D eigenvalue weighted by Crippen LogP contribution is -2.07. The van der Waals surface area contributed by atoms with Gasteiger partial charge in [-0.25, -0.2) is 0 Å². The molecule has 0 heterocycles. The molecule has 144 valence electrons. The van der Waals surface area contributed by atoms with Gasteiger partial charge in [-0.15, -0.1) is 0 Å². The summed E-state index contributed by atoms with van der Waals surface area (Å²) < 4.78 is 39.2. The Hall–Kier alpha value is -1.78. The standard InChI is InChI=1S/C17H17F3N4S3/c18-17(19,20)12-5-6-14(11(7-12)9-26-16(23)24)27-13-4-2-1-3-10(13)8-25-15(21)22/h1-7H,8-9H2,(H3,21,22)(H3,23,24). The summed E-state index contributed by atoms with van der Waals surface area (Å²) in [4.78, 5) is 1.54. The van der Waals surface area contributed by atoms with E-state index in [2.05, 4.69) is 0 Å². The molecule has 0 aliphatic rings. The third-order valence-electron chi connectivity index (χ3n) is 3.35. The fraction of sp³-hybridized carbons (Fsp3) is 0.176. The van der Waals surface area contributed by atoms with Crippen LogP contribution in [-0.4, -0.2) is 10.3 Å². The summed E-state index contributed by atoms with van der Waals surface area (Å²) in [6.07, 6.45) is -4.44. The Balaban J connectivity index is 2.34. The van der Waals surface area contributed by atoms with E-state index in [1.165, 1.54) is 29.6 Å². The Kier molecular flexibility index (Phi) is 7.51. The van der Waals surface area contributed by atoms with E-state index in [1.807, 2.05) is 24.3 Å². The third-order valence-corrected chi connectivity index (χ3v) is 6.12. The minimum atomic E-state index is -4.44. The zero-order chi connectivity index (χ0) is 20.0. The second kappa shape index (κ2) is 9.43. The van der Waals surface area contributed by atoms with Crippen LogP contribution in [0.25, 0.3) is 0 Å². The number of benzene rings is 2. The SMILES string of the molecule is N=C(N)SCc1ccccc1Sc1ccc(C(F)(F)F)cc1CSC(=N)N. The van der Waals surface area contributed by atoms with E-state index in [0.29, 0.717) is 16.2 Å². The van der Waals surface area contributed by atoms with Gasteiger partial charge in [-0.2, -0.15) is 13.2 Å². The molecule has 27 heavy (non-hydrogen) atoms. The van der Waals surface area contributed by atoms with Crippen molar-refractivity contribution in [2.75, 3.05) is 0 Å². The smallest absolute Gasteiger partial charge is 0.379 e. The first-order chi connectivity index (χ1) is 12.7. The number of halogens is 3. The highest BCUT2D eigenvalue weighted by Gasteiger charge is 2.31. The first-order valence-corrected chi connectivity index (χ1v) is 10.3. The first kappa shape index (κ1) is 21.5. The van der Waals surface area contributed by atoms with Crippen LogP contribution in [0.15, 0.2) is 52.3 Å². The molecule has 0 amide bonds. The normalized spacial score (nSPS) is 11.4. The van der Waals surface area contributed by atoms with Gasteiger partial charge >= 0.3 is 6.18 Å². The predicted molar refractivity (Wildman–Crippen MR) is 108 cm³/mol. The third kappa shape index (κ3) is 6.71. The molecule has 2 aromatic carbocycles. The van der Waals surface area contributed by atoms with E-state index in [1.54, 1.807) is 0 Å². The minimum Gasteiger partial charge on any atom is -0.379 e. The molecule has 0 saturated carbocycles. The largest absolute Gasteiger partial charge is 0.416 e. The highest BCUT2D eigenvalue weighted by molar-refractivity contribution is 8.13. The van der Waals surface area contributed by atoms with Crippen molar-refractivity contribution in [1.82, 2.24) is 0 Å². The maximum atomic E-state index is 13.1. The molecule has 0 aromatic heterocycles. The van der Waals surface area contributed by atoms with Gasteiger partial charge in [0.25, 0.3) is 0 Å². The molecule has 0 saturated heterocycles. The van der Waals surface area contributed by atoms with Crippen LogP contribution in [0.4, 0.5) is 13.2 Å². The lowest BCUT2D eigenvalue weighted by atomic mass is 10.1. The van der Waals surface area contributed by atoms with Gasteiger partial charge in [0.15, 0.2) is 10.3 Å². The Morgan fingerprint density at radius 1 is 0.852 bits per heavy atom. The van der Waals surface area contributed by atoms with Crippen molar-refractivity contribution in [2.45, 2.75) is 27.5 Å². The summed E-state index contributed by atoms with van der Waals surface area (Å²) in [5.41, 5.74) is 11.4. The van der Waals surface area contributed by atoms with Crippen molar-refractivity contribution in [2.24, 2.45) is 11.5 Å². The maximum Gasteiger partial charge on any atom is 0.416 e. The van der Waals surface area contributed by atoms with Crippen molar-refractivity contribution >= 4 is 45.6 Å². The van der Waals surface area contributed by atoms with E-state index < -0.39 is 11.7 Å². The summed E-state index contributed by atoms with van der Waals surface area (Å²) in [7, 11) is 0. The van der Waals surface area contributed by atoms with Crippen molar-refractivity contribution in [1.29, 1.82) is 10.8 Å². The van der Waals surface area contributed by atoms with Crippen LogP contribution in [0.3, 0.4) is 0 Å². The molecule has 0 aliphatic carbocycles. The predicted octanol–water partition coefficient (Wildman–Crippen LogP) is 5.11. The highest BCUT2D eigenvalue weighted by atomic mass is 32.2. The summed E-state index contributed by atoms with van der Waals surface area (Å²) in [5.74, 6) is 0.669. The average Bonchev–Trinajstić information content (AvgIpc) is 2.59. The number of alkyl halides is 3. The Morgan fingerprint density at radius 3 is 2.00 bits per heavy atom. The lowest BCUT2D eigenvalue weighted by Gasteiger charge is -2.15. The van der Waals surface area contributed by atoms with Crippen molar-refractivity contribution in [3.63, 3.8) is 0 Å². The minimum absolute atomic E-state index is 0.00267.